The summed E-state index contributed by atoms with van der Waals surface area (Å²) in [4.78, 5) is 26.7. The lowest BCUT2D eigenvalue weighted by atomic mass is 10.1. The van der Waals surface area contributed by atoms with Crippen molar-refractivity contribution in [2.45, 2.75) is 13.5 Å². The lowest BCUT2D eigenvalue weighted by Gasteiger charge is -2.13. The van der Waals surface area contributed by atoms with Gasteiger partial charge >= 0.3 is 0 Å². The molecule has 0 unspecified atom stereocenters. The maximum absolute atomic E-state index is 13.0. The molecule has 7 nitrogen and oxygen atoms in total. The van der Waals surface area contributed by atoms with Crippen LogP contribution in [-0.2, 0) is 11.3 Å². The topological polar surface area (TPSA) is 85.9 Å². The first-order valence-electron chi connectivity index (χ1n) is 10.3. The van der Waals surface area contributed by atoms with Crippen LogP contribution in [0.3, 0.4) is 0 Å². The Morgan fingerprint density at radius 3 is 2.52 bits per heavy atom. The van der Waals surface area contributed by atoms with E-state index in [9.17, 15) is 9.59 Å². The molecule has 3 rings (SSSR count). The molecule has 3 aromatic rings. The fourth-order valence-electron chi connectivity index (χ4n) is 3.04. The van der Waals surface area contributed by atoms with Crippen LogP contribution in [0.5, 0.6) is 17.2 Å². The van der Waals surface area contributed by atoms with Crippen molar-refractivity contribution in [2.75, 3.05) is 20.8 Å². The summed E-state index contributed by atoms with van der Waals surface area (Å²) in [5.74, 6) is 0.828. The number of hydrogen-bond donors (Lipinski definition) is 2. The molecule has 1 heterocycles. The molecular weight excluding hydrogens is 440 g/mol. The second kappa shape index (κ2) is 11.7. The van der Waals surface area contributed by atoms with E-state index in [-0.39, 0.29) is 12.2 Å². The SMILES string of the molecule is CCOc1cccc(CNC(=O)/C(=C/c2cccs2)NC(=O)c2ccc(OC)c(OC)c2)c1. The highest BCUT2D eigenvalue weighted by Gasteiger charge is 2.17. The molecule has 8 heteroatoms. The molecule has 0 atom stereocenters. The number of carbonyl (C=O) groups is 2. The van der Waals surface area contributed by atoms with E-state index in [2.05, 4.69) is 10.6 Å². The van der Waals surface area contributed by atoms with Gasteiger partial charge in [0.25, 0.3) is 11.8 Å². The van der Waals surface area contributed by atoms with Gasteiger partial charge in [-0.15, -0.1) is 11.3 Å². The van der Waals surface area contributed by atoms with Crippen molar-refractivity contribution in [3.63, 3.8) is 0 Å². The van der Waals surface area contributed by atoms with Crippen LogP contribution < -0.4 is 24.8 Å². The highest BCUT2D eigenvalue weighted by atomic mass is 32.1. The lowest BCUT2D eigenvalue weighted by molar-refractivity contribution is -0.117. The van der Waals surface area contributed by atoms with Crippen LogP contribution in [-0.4, -0.2) is 32.6 Å². The minimum atomic E-state index is -0.438. The predicted molar refractivity (Wildman–Crippen MR) is 129 cm³/mol. The van der Waals surface area contributed by atoms with Crippen LogP contribution in [0.25, 0.3) is 6.08 Å². The number of benzene rings is 2. The zero-order valence-corrected chi connectivity index (χ0v) is 19.5. The molecule has 2 N–H and O–H groups in total. The molecular formula is C25H26N2O5S. The Bertz CT molecular complexity index is 1130. The third-order valence-electron chi connectivity index (χ3n) is 4.63. The summed E-state index contributed by atoms with van der Waals surface area (Å²) in [5, 5.41) is 7.48. The number of hydrogen-bond acceptors (Lipinski definition) is 6. The minimum Gasteiger partial charge on any atom is -0.494 e. The summed E-state index contributed by atoms with van der Waals surface area (Å²) in [7, 11) is 3.02. The van der Waals surface area contributed by atoms with Crippen molar-refractivity contribution in [3.05, 3.63) is 81.7 Å². The Morgan fingerprint density at radius 2 is 1.82 bits per heavy atom. The van der Waals surface area contributed by atoms with Crippen molar-refractivity contribution in [3.8, 4) is 17.2 Å². The number of carbonyl (C=O) groups excluding carboxylic acids is 2. The Morgan fingerprint density at radius 1 is 1.00 bits per heavy atom. The first-order chi connectivity index (χ1) is 16.0. The standard InChI is InChI=1S/C25H26N2O5S/c1-4-32-19-8-5-7-17(13-19)16-26-25(29)21(15-20-9-6-12-33-20)27-24(28)18-10-11-22(30-2)23(14-18)31-3/h5-15H,4,16H2,1-3H3,(H,26,29)(H,27,28)/b21-15-. The maximum Gasteiger partial charge on any atom is 0.268 e. The van der Waals surface area contributed by atoms with Gasteiger partial charge in [0.1, 0.15) is 11.4 Å². The van der Waals surface area contributed by atoms with Gasteiger partial charge in [-0.25, -0.2) is 0 Å². The summed E-state index contributed by atoms with van der Waals surface area (Å²) >= 11 is 1.46. The zero-order valence-electron chi connectivity index (χ0n) is 18.7. The third kappa shape index (κ3) is 6.60. The molecule has 0 bridgehead atoms. The second-order valence-electron chi connectivity index (χ2n) is 6.86. The number of amides is 2. The van der Waals surface area contributed by atoms with Crippen molar-refractivity contribution >= 4 is 29.2 Å². The molecule has 2 amide bonds. The Kier molecular flexibility index (Phi) is 8.49. The molecule has 0 fully saturated rings. The predicted octanol–water partition coefficient (Wildman–Crippen LogP) is 4.25. The summed E-state index contributed by atoms with van der Waals surface area (Å²) < 4.78 is 16.0. The van der Waals surface area contributed by atoms with Gasteiger partial charge in [-0.05, 0) is 60.3 Å². The van der Waals surface area contributed by atoms with E-state index in [1.807, 2.05) is 48.7 Å². The molecule has 0 aliphatic carbocycles. The average Bonchev–Trinajstić information content (AvgIpc) is 3.35. The van der Waals surface area contributed by atoms with Gasteiger partial charge in [-0.3, -0.25) is 9.59 Å². The normalized spacial score (nSPS) is 10.9. The van der Waals surface area contributed by atoms with Crippen LogP contribution in [0, 0.1) is 0 Å². The highest BCUT2D eigenvalue weighted by Crippen LogP contribution is 2.27. The van der Waals surface area contributed by atoms with Crippen LogP contribution in [0.1, 0.15) is 27.7 Å². The Hall–Kier alpha value is -3.78. The van der Waals surface area contributed by atoms with E-state index >= 15 is 0 Å². The van der Waals surface area contributed by atoms with Gasteiger partial charge < -0.3 is 24.8 Å². The Balaban J connectivity index is 1.77. The van der Waals surface area contributed by atoms with E-state index in [0.29, 0.717) is 23.7 Å². The molecule has 172 valence electrons. The van der Waals surface area contributed by atoms with Gasteiger partial charge in [0.05, 0.1) is 20.8 Å². The molecule has 0 saturated heterocycles. The third-order valence-corrected chi connectivity index (χ3v) is 5.45. The Labute approximate surface area is 197 Å². The number of nitrogens with one attached hydrogen (secondary N) is 2. The van der Waals surface area contributed by atoms with Crippen molar-refractivity contribution in [1.82, 2.24) is 10.6 Å². The summed E-state index contributed by atoms with van der Waals surface area (Å²) in [6.45, 7) is 2.76. The van der Waals surface area contributed by atoms with Gasteiger partial charge in [0.15, 0.2) is 11.5 Å². The highest BCUT2D eigenvalue weighted by molar-refractivity contribution is 7.10. The zero-order chi connectivity index (χ0) is 23.6. The van der Waals surface area contributed by atoms with Crippen LogP contribution >= 0.6 is 11.3 Å². The second-order valence-corrected chi connectivity index (χ2v) is 7.84. The minimum absolute atomic E-state index is 0.137. The number of ether oxygens (including phenoxy) is 3. The van der Waals surface area contributed by atoms with Crippen LogP contribution in [0.4, 0.5) is 0 Å². The summed E-state index contributed by atoms with van der Waals surface area (Å²) in [5.41, 5.74) is 1.36. The van der Waals surface area contributed by atoms with Crippen molar-refractivity contribution in [1.29, 1.82) is 0 Å². The molecule has 0 aliphatic rings. The van der Waals surface area contributed by atoms with Crippen molar-refractivity contribution in [2.24, 2.45) is 0 Å². The van der Waals surface area contributed by atoms with Gasteiger partial charge in [-0.1, -0.05) is 18.2 Å². The van der Waals surface area contributed by atoms with E-state index in [4.69, 9.17) is 14.2 Å². The molecule has 0 spiro atoms. The van der Waals surface area contributed by atoms with Gasteiger partial charge in [0.2, 0.25) is 0 Å². The van der Waals surface area contributed by atoms with Crippen LogP contribution in [0.15, 0.2) is 65.7 Å². The fraction of sp³-hybridized carbons (Fsp3) is 0.200. The molecule has 0 radical (unpaired) electrons. The van der Waals surface area contributed by atoms with Crippen LogP contribution in [0.2, 0.25) is 0 Å². The summed E-state index contributed by atoms with van der Waals surface area (Å²) in [6, 6.07) is 16.1. The molecule has 0 saturated carbocycles. The number of rotatable bonds is 10. The average molecular weight is 467 g/mol. The lowest BCUT2D eigenvalue weighted by Crippen LogP contribution is -2.34. The number of methoxy groups -OCH3 is 2. The van der Waals surface area contributed by atoms with E-state index < -0.39 is 11.8 Å². The van der Waals surface area contributed by atoms with Crippen molar-refractivity contribution < 1.29 is 23.8 Å². The summed E-state index contributed by atoms with van der Waals surface area (Å²) in [6.07, 6.45) is 1.65. The smallest absolute Gasteiger partial charge is 0.268 e. The van der Waals surface area contributed by atoms with E-state index in [1.165, 1.54) is 25.6 Å². The first-order valence-corrected chi connectivity index (χ1v) is 11.2. The maximum atomic E-state index is 13.0. The quantitative estimate of drug-likeness (QED) is 0.436. The molecule has 0 aliphatic heterocycles. The largest absolute Gasteiger partial charge is 0.494 e. The number of thiophene rings is 1. The van der Waals surface area contributed by atoms with Gasteiger partial charge in [0, 0.05) is 17.0 Å². The molecule has 2 aromatic carbocycles. The first kappa shape index (κ1) is 23.9. The van der Waals surface area contributed by atoms with Gasteiger partial charge in [-0.2, -0.15) is 0 Å². The van der Waals surface area contributed by atoms with E-state index in [0.717, 1.165) is 16.2 Å². The monoisotopic (exact) mass is 466 g/mol. The molecule has 1 aromatic heterocycles. The fourth-order valence-corrected chi connectivity index (χ4v) is 3.69. The molecule has 33 heavy (non-hydrogen) atoms. The van der Waals surface area contributed by atoms with E-state index in [1.54, 1.807) is 24.3 Å².